The van der Waals surface area contributed by atoms with Gasteiger partial charge in [0.15, 0.2) is 0 Å². The summed E-state index contributed by atoms with van der Waals surface area (Å²) in [7, 11) is 0. The zero-order valence-electron chi connectivity index (χ0n) is 12.8. The molecule has 120 valence electrons. The molecular weight excluding hydrogens is 283 g/mol. The molecule has 0 aromatic heterocycles. The summed E-state index contributed by atoms with van der Waals surface area (Å²) in [5.41, 5.74) is 1.04. The number of ether oxygens (including phenoxy) is 1. The molecule has 2 fully saturated rings. The number of nitrogens with zero attached hydrogens (tertiary/aromatic N) is 2. The number of amides is 1. The van der Waals surface area contributed by atoms with E-state index in [2.05, 4.69) is 4.90 Å². The minimum Gasteiger partial charge on any atom is -0.379 e. The second-order valence-electron chi connectivity index (χ2n) is 6.00. The van der Waals surface area contributed by atoms with Crippen molar-refractivity contribution in [2.24, 2.45) is 0 Å². The molecular formula is C17H23FN2O2. The van der Waals surface area contributed by atoms with Crippen molar-refractivity contribution in [3.05, 3.63) is 35.6 Å². The molecule has 0 bridgehead atoms. The second kappa shape index (κ2) is 7.20. The van der Waals surface area contributed by atoms with Gasteiger partial charge in [0.05, 0.1) is 19.3 Å². The molecule has 0 aliphatic carbocycles. The summed E-state index contributed by atoms with van der Waals surface area (Å²) in [6.45, 7) is 5.31. The normalized spacial score (nSPS) is 22.4. The van der Waals surface area contributed by atoms with E-state index in [-0.39, 0.29) is 17.8 Å². The van der Waals surface area contributed by atoms with E-state index in [9.17, 15) is 9.18 Å². The average Bonchev–Trinajstić information content (AvgIpc) is 2.49. The number of carbonyl (C=O) groups excluding carboxylic acids is 1. The molecule has 1 amide bonds. The lowest BCUT2D eigenvalue weighted by Gasteiger charge is -2.41. The standard InChI is InChI=1S/C17H23FN2O2/c18-15-5-3-14(4-6-15)16-7-9-20(16)17(21)2-1-8-19-10-12-22-13-11-19/h3-6,16H,1-2,7-13H2. The van der Waals surface area contributed by atoms with Gasteiger partial charge >= 0.3 is 0 Å². The Labute approximate surface area is 130 Å². The summed E-state index contributed by atoms with van der Waals surface area (Å²) >= 11 is 0. The summed E-state index contributed by atoms with van der Waals surface area (Å²) < 4.78 is 18.3. The molecule has 1 aromatic rings. The molecule has 4 nitrogen and oxygen atoms in total. The predicted molar refractivity (Wildman–Crippen MR) is 82.0 cm³/mol. The molecule has 2 aliphatic heterocycles. The van der Waals surface area contributed by atoms with Gasteiger partial charge in [-0.05, 0) is 37.1 Å². The fourth-order valence-corrected chi connectivity index (χ4v) is 3.14. The quantitative estimate of drug-likeness (QED) is 0.836. The Hall–Kier alpha value is -1.46. The molecule has 22 heavy (non-hydrogen) atoms. The van der Waals surface area contributed by atoms with Gasteiger partial charge in [0.1, 0.15) is 5.82 Å². The number of hydrogen-bond acceptors (Lipinski definition) is 3. The summed E-state index contributed by atoms with van der Waals surface area (Å²) in [4.78, 5) is 16.6. The van der Waals surface area contributed by atoms with Crippen LogP contribution in [0.4, 0.5) is 4.39 Å². The Bertz CT molecular complexity index is 500. The van der Waals surface area contributed by atoms with E-state index >= 15 is 0 Å². The van der Waals surface area contributed by atoms with E-state index in [4.69, 9.17) is 4.74 Å². The molecule has 2 aliphatic rings. The molecule has 1 atom stereocenters. The maximum Gasteiger partial charge on any atom is 0.223 e. The Morgan fingerprint density at radius 3 is 2.55 bits per heavy atom. The van der Waals surface area contributed by atoms with Gasteiger partial charge in [-0.25, -0.2) is 4.39 Å². The van der Waals surface area contributed by atoms with Gasteiger partial charge in [0.2, 0.25) is 5.91 Å². The number of hydrogen-bond donors (Lipinski definition) is 0. The summed E-state index contributed by atoms with van der Waals surface area (Å²) in [6.07, 6.45) is 2.46. The predicted octanol–water partition coefficient (Wildman–Crippen LogP) is 2.21. The molecule has 0 radical (unpaired) electrons. The largest absolute Gasteiger partial charge is 0.379 e. The van der Waals surface area contributed by atoms with E-state index in [1.807, 2.05) is 4.90 Å². The summed E-state index contributed by atoms with van der Waals surface area (Å²) in [5.74, 6) is -0.0136. The van der Waals surface area contributed by atoms with Crippen LogP contribution in [0.2, 0.25) is 0 Å². The first-order valence-corrected chi connectivity index (χ1v) is 8.09. The van der Waals surface area contributed by atoms with Crippen LogP contribution < -0.4 is 0 Å². The Morgan fingerprint density at radius 2 is 1.91 bits per heavy atom. The third kappa shape index (κ3) is 3.65. The molecule has 0 saturated carbocycles. The second-order valence-corrected chi connectivity index (χ2v) is 6.00. The molecule has 2 heterocycles. The summed E-state index contributed by atoms with van der Waals surface area (Å²) in [6, 6.07) is 6.64. The van der Waals surface area contributed by atoms with Crippen molar-refractivity contribution >= 4 is 5.91 Å². The first kappa shape index (κ1) is 15.4. The number of likely N-dealkylation sites (tertiary alicyclic amines) is 1. The lowest BCUT2D eigenvalue weighted by Crippen LogP contribution is -2.45. The zero-order valence-corrected chi connectivity index (χ0v) is 12.8. The third-order valence-corrected chi connectivity index (χ3v) is 4.56. The van der Waals surface area contributed by atoms with E-state index < -0.39 is 0 Å². The molecule has 2 saturated heterocycles. The summed E-state index contributed by atoms with van der Waals surface area (Å²) in [5, 5.41) is 0. The van der Waals surface area contributed by atoms with Crippen molar-refractivity contribution in [3.63, 3.8) is 0 Å². The van der Waals surface area contributed by atoms with Crippen LogP contribution in [0.15, 0.2) is 24.3 Å². The molecule has 3 rings (SSSR count). The highest BCUT2D eigenvalue weighted by Crippen LogP contribution is 2.33. The van der Waals surface area contributed by atoms with Crippen LogP contribution in [0.5, 0.6) is 0 Å². The Morgan fingerprint density at radius 1 is 1.18 bits per heavy atom. The van der Waals surface area contributed by atoms with E-state index in [1.165, 1.54) is 12.1 Å². The zero-order chi connectivity index (χ0) is 15.4. The van der Waals surface area contributed by atoms with Gasteiger partial charge < -0.3 is 9.64 Å². The van der Waals surface area contributed by atoms with Crippen LogP contribution in [-0.2, 0) is 9.53 Å². The maximum absolute atomic E-state index is 13.0. The van der Waals surface area contributed by atoms with Crippen LogP contribution >= 0.6 is 0 Å². The van der Waals surface area contributed by atoms with Gasteiger partial charge in [0, 0.05) is 26.1 Å². The van der Waals surface area contributed by atoms with Crippen LogP contribution in [-0.4, -0.2) is 55.1 Å². The molecule has 0 spiro atoms. The van der Waals surface area contributed by atoms with Crippen LogP contribution in [0, 0.1) is 5.82 Å². The van der Waals surface area contributed by atoms with Crippen molar-refractivity contribution in [1.29, 1.82) is 0 Å². The van der Waals surface area contributed by atoms with Crippen LogP contribution in [0.3, 0.4) is 0 Å². The van der Waals surface area contributed by atoms with Gasteiger partial charge in [0.25, 0.3) is 0 Å². The number of carbonyl (C=O) groups is 1. The first-order valence-electron chi connectivity index (χ1n) is 8.09. The number of morpholine rings is 1. The highest BCUT2D eigenvalue weighted by Gasteiger charge is 2.32. The van der Waals surface area contributed by atoms with Crippen molar-refractivity contribution < 1.29 is 13.9 Å². The minimum atomic E-state index is -0.230. The van der Waals surface area contributed by atoms with Crippen molar-refractivity contribution in [1.82, 2.24) is 9.80 Å². The first-order chi connectivity index (χ1) is 10.7. The highest BCUT2D eigenvalue weighted by molar-refractivity contribution is 5.77. The maximum atomic E-state index is 13.0. The van der Waals surface area contributed by atoms with Gasteiger partial charge in [-0.1, -0.05) is 12.1 Å². The van der Waals surface area contributed by atoms with E-state index in [0.717, 1.165) is 57.8 Å². The van der Waals surface area contributed by atoms with E-state index in [1.54, 1.807) is 12.1 Å². The fourth-order valence-electron chi connectivity index (χ4n) is 3.14. The minimum absolute atomic E-state index is 0.136. The lowest BCUT2D eigenvalue weighted by molar-refractivity contribution is -0.139. The molecule has 1 aromatic carbocycles. The Kier molecular flexibility index (Phi) is 5.05. The number of rotatable bonds is 5. The highest BCUT2D eigenvalue weighted by atomic mass is 19.1. The van der Waals surface area contributed by atoms with Gasteiger partial charge in [-0.2, -0.15) is 0 Å². The topological polar surface area (TPSA) is 32.8 Å². The van der Waals surface area contributed by atoms with Gasteiger partial charge in [-0.15, -0.1) is 0 Å². The Balaban J connectivity index is 1.44. The smallest absolute Gasteiger partial charge is 0.223 e. The van der Waals surface area contributed by atoms with E-state index in [0.29, 0.717) is 6.42 Å². The van der Waals surface area contributed by atoms with Crippen molar-refractivity contribution in [3.8, 4) is 0 Å². The average molecular weight is 306 g/mol. The SMILES string of the molecule is O=C(CCCN1CCOCC1)N1CCC1c1ccc(F)cc1. The monoisotopic (exact) mass is 306 g/mol. The molecule has 1 unspecified atom stereocenters. The fraction of sp³-hybridized carbons (Fsp3) is 0.588. The van der Waals surface area contributed by atoms with Crippen molar-refractivity contribution in [2.45, 2.75) is 25.3 Å². The van der Waals surface area contributed by atoms with Crippen LogP contribution in [0.25, 0.3) is 0 Å². The molecule has 0 N–H and O–H groups in total. The van der Waals surface area contributed by atoms with Crippen LogP contribution in [0.1, 0.15) is 30.9 Å². The number of halogens is 1. The van der Waals surface area contributed by atoms with Gasteiger partial charge in [-0.3, -0.25) is 9.69 Å². The number of benzene rings is 1. The third-order valence-electron chi connectivity index (χ3n) is 4.56. The lowest BCUT2D eigenvalue weighted by atomic mass is 9.94. The van der Waals surface area contributed by atoms with Crippen molar-refractivity contribution in [2.75, 3.05) is 39.4 Å². The molecule has 5 heteroatoms.